The molecule has 0 bridgehead atoms. The summed E-state index contributed by atoms with van der Waals surface area (Å²) in [7, 11) is 0. The average Bonchev–Trinajstić information content (AvgIpc) is 3.45. The van der Waals surface area contributed by atoms with Crippen LogP contribution in [0.5, 0.6) is 0 Å². The quantitative estimate of drug-likeness (QED) is 0.0261. The van der Waals surface area contributed by atoms with Gasteiger partial charge in [0.25, 0.3) is 0 Å². The van der Waals surface area contributed by atoms with Crippen molar-refractivity contribution in [2.24, 2.45) is 0 Å². The first-order valence-corrected chi connectivity index (χ1v) is 34.4. The van der Waals surface area contributed by atoms with E-state index in [-0.39, 0.29) is 31.1 Å². The Bertz CT molecular complexity index is 1450. The second kappa shape index (κ2) is 67.4. The summed E-state index contributed by atoms with van der Waals surface area (Å²) in [6.45, 7) is 6.58. The van der Waals surface area contributed by atoms with Gasteiger partial charge in [0.2, 0.25) is 0 Å². The number of esters is 3. The summed E-state index contributed by atoms with van der Waals surface area (Å²) in [6, 6.07) is 0. The van der Waals surface area contributed by atoms with Crippen molar-refractivity contribution in [1.82, 2.24) is 0 Å². The second-order valence-corrected chi connectivity index (χ2v) is 23.1. The molecule has 0 fully saturated rings. The normalized spacial score (nSPS) is 12.5. The van der Waals surface area contributed by atoms with Crippen LogP contribution in [0.25, 0.3) is 0 Å². The number of hydrogen-bond acceptors (Lipinski definition) is 6. The van der Waals surface area contributed by atoms with Crippen molar-refractivity contribution in [3.8, 4) is 0 Å². The SMILES string of the molecule is CC/C=C\C/C=C\C/C=C\C/C=C\C/C=C\C/C=C\CCCCCCCCCCCCC(=O)OCC(COC(=O)CCCCCCCCCCCCCC)OC(=O)CCCCCCCCCCCCCCCCCCCCCC. The van der Waals surface area contributed by atoms with Gasteiger partial charge in [0, 0.05) is 19.3 Å². The fraction of sp³-hybridized carbons (Fsp3) is 0.795. The molecule has 79 heavy (non-hydrogen) atoms. The second-order valence-electron chi connectivity index (χ2n) is 23.1. The van der Waals surface area contributed by atoms with Gasteiger partial charge in [-0.1, -0.05) is 338 Å². The molecule has 0 aromatic rings. The number of carbonyl (C=O) groups excluding carboxylic acids is 3. The van der Waals surface area contributed by atoms with Crippen LogP contribution in [0, 0.1) is 0 Å². The summed E-state index contributed by atoms with van der Waals surface area (Å²) < 4.78 is 17.0. The lowest BCUT2D eigenvalue weighted by Crippen LogP contribution is -2.30. The molecule has 0 radical (unpaired) electrons. The molecule has 0 spiro atoms. The van der Waals surface area contributed by atoms with Crippen molar-refractivity contribution in [2.75, 3.05) is 13.2 Å². The first kappa shape index (κ1) is 75.8. The van der Waals surface area contributed by atoms with E-state index < -0.39 is 6.10 Å². The van der Waals surface area contributed by atoms with E-state index in [1.54, 1.807) is 0 Å². The molecule has 0 saturated carbocycles. The molecule has 0 aromatic heterocycles. The molecule has 0 aromatic carbocycles. The maximum Gasteiger partial charge on any atom is 0.306 e. The highest BCUT2D eigenvalue weighted by molar-refractivity contribution is 5.71. The predicted octanol–water partition coefficient (Wildman–Crippen LogP) is 23.7. The smallest absolute Gasteiger partial charge is 0.306 e. The molecule has 0 saturated heterocycles. The van der Waals surface area contributed by atoms with E-state index in [1.165, 1.54) is 218 Å². The van der Waals surface area contributed by atoms with Gasteiger partial charge < -0.3 is 14.2 Å². The summed E-state index contributed by atoms with van der Waals surface area (Å²) in [5.41, 5.74) is 0. The summed E-state index contributed by atoms with van der Waals surface area (Å²) in [5.74, 6) is -0.853. The zero-order valence-electron chi connectivity index (χ0n) is 52.6. The molecule has 6 heteroatoms. The minimum absolute atomic E-state index is 0.0706. The maximum absolute atomic E-state index is 12.9. The van der Waals surface area contributed by atoms with Crippen molar-refractivity contribution < 1.29 is 28.6 Å². The number of carbonyl (C=O) groups is 3. The number of hydrogen-bond donors (Lipinski definition) is 0. The fourth-order valence-electron chi connectivity index (χ4n) is 10.1. The van der Waals surface area contributed by atoms with E-state index in [0.717, 1.165) is 96.3 Å². The lowest BCUT2D eigenvalue weighted by molar-refractivity contribution is -0.167. The van der Waals surface area contributed by atoms with Crippen molar-refractivity contribution >= 4 is 17.9 Å². The van der Waals surface area contributed by atoms with Gasteiger partial charge >= 0.3 is 17.9 Å². The molecule has 1 unspecified atom stereocenters. The van der Waals surface area contributed by atoms with Gasteiger partial charge in [0.15, 0.2) is 6.10 Å². The predicted molar refractivity (Wildman–Crippen MR) is 344 cm³/mol. The summed E-state index contributed by atoms with van der Waals surface area (Å²) >= 11 is 0. The summed E-state index contributed by atoms with van der Waals surface area (Å²) in [4.78, 5) is 38.4. The molecule has 0 aliphatic rings. The lowest BCUT2D eigenvalue weighted by Gasteiger charge is -2.18. The molecule has 0 N–H and O–H groups in total. The minimum Gasteiger partial charge on any atom is -0.462 e. The molecule has 0 rings (SSSR count). The van der Waals surface area contributed by atoms with Gasteiger partial charge in [-0.2, -0.15) is 0 Å². The van der Waals surface area contributed by atoms with E-state index in [9.17, 15) is 14.4 Å². The molecule has 0 amide bonds. The van der Waals surface area contributed by atoms with Crippen LogP contribution < -0.4 is 0 Å². The molecule has 0 aliphatic heterocycles. The van der Waals surface area contributed by atoms with Crippen LogP contribution in [-0.2, 0) is 28.6 Å². The molecule has 0 heterocycles. The van der Waals surface area contributed by atoms with Crippen molar-refractivity contribution in [2.45, 2.75) is 361 Å². The highest BCUT2D eigenvalue weighted by Gasteiger charge is 2.19. The van der Waals surface area contributed by atoms with Crippen LogP contribution in [0.2, 0.25) is 0 Å². The summed E-state index contributed by atoms with van der Waals surface area (Å²) in [5, 5.41) is 0. The van der Waals surface area contributed by atoms with Crippen LogP contribution in [0.4, 0.5) is 0 Å². The third-order valence-electron chi connectivity index (χ3n) is 15.2. The van der Waals surface area contributed by atoms with E-state index >= 15 is 0 Å². The van der Waals surface area contributed by atoms with Crippen molar-refractivity contribution in [3.05, 3.63) is 72.9 Å². The lowest BCUT2D eigenvalue weighted by atomic mass is 10.0. The van der Waals surface area contributed by atoms with E-state index in [0.29, 0.717) is 19.3 Å². The number of unbranched alkanes of at least 4 members (excludes halogenated alkanes) is 40. The molecular formula is C73H130O6. The van der Waals surface area contributed by atoms with Crippen molar-refractivity contribution in [1.29, 1.82) is 0 Å². The summed E-state index contributed by atoms with van der Waals surface area (Å²) in [6.07, 6.45) is 87.8. The third-order valence-corrected chi connectivity index (χ3v) is 15.2. The van der Waals surface area contributed by atoms with Crippen LogP contribution in [0.1, 0.15) is 355 Å². The molecule has 458 valence electrons. The first-order chi connectivity index (χ1) is 39.0. The van der Waals surface area contributed by atoms with Crippen LogP contribution in [-0.4, -0.2) is 37.2 Å². The Hall–Kier alpha value is -3.15. The van der Waals surface area contributed by atoms with Gasteiger partial charge in [0.1, 0.15) is 13.2 Å². The Morgan fingerprint density at radius 2 is 0.494 bits per heavy atom. The van der Waals surface area contributed by atoms with Crippen LogP contribution >= 0.6 is 0 Å². The minimum atomic E-state index is -0.774. The zero-order valence-corrected chi connectivity index (χ0v) is 52.6. The number of rotatable bonds is 63. The largest absolute Gasteiger partial charge is 0.462 e. The molecule has 1 atom stereocenters. The van der Waals surface area contributed by atoms with E-state index in [2.05, 4.69) is 93.7 Å². The van der Waals surface area contributed by atoms with Gasteiger partial charge in [-0.3, -0.25) is 14.4 Å². The number of ether oxygens (including phenoxy) is 3. The highest BCUT2D eigenvalue weighted by atomic mass is 16.6. The van der Waals surface area contributed by atoms with Gasteiger partial charge in [-0.25, -0.2) is 0 Å². The first-order valence-electron chi connectivity index (χ1n) is 34.4. The zero-order chi connectivity index (χ0) is 57.1. The maximum atomic E-state index is 12.9. The third kappa shape index (κ3) is 65.5. The van der Waals surface area contributed by atoms with E-state index in [4.69, 9.17) is 14.2 Å². The Balaban J connectivity index is 4.24. The number of allylic oxidation sites excluding steroid dienone is 12. The average molecular weight is 1100 g/mol. The van der Waals surface area contributed by atoms with Crippen LogP contribution in [0.15, 0.2) is 72.9 Å². The van der Waals surface area contributed by atoms with Gasteiger partial charge in [-0.15, -0.1) is 0 Å². The Kier molecular flexibility index (Phi) is 64.7. The topological polar surface area (TPSA) is 78.9 Å². The Labute approximate surface area is 491 Å². The molecular weight excluding hydrogens is 973 g/mol. The Morgan fingerprint density at radius 1 is 0.266 bits per heavy atom. The standard InChI is InChI=1S/C73H130O6/c1-4-7-10-13-16-19-22-25-27-29-31-33-34-35-36-37-38-39-40-41-43-44-46-48-51-54-57-60-63-66-72(75)78-69-70(68-77-71(74)65-62-59-56-53-50-24-21-18-15-12-9-6-3)79-73(76)67-64-61-58-55-52-49-47-45-42-32-30-28-26-23-20-17-14-11-8-5-2/h7,10,16,19,25,27,31,33,35-36,38-39,70H,4-6,8-9,11-15,17-18,20-24,26,28-30,32,34,37,40-69H2,1-3H3/b10-7-,19-16-,27-25-,33-31-,36-35-,39-38-. The molecule has 0 aliphatic carbocycles. The highest BCUT2D eigenvalue weighted by Crippen LogP contribution is 2.18. The van der Waals surface area contributed by atoms with Gasteiger partial charge in [-0.05, 0) is 70.6 Å². The monoisotopic (exact) mass is 1100 g/mol. The van der Waals surface area contributed by atoms with E-state index in [1.807, 2.05) is 0 Å². The van der Waals surface area contributed by atoms with Crippen molar-refractivity contribution in [3.63, 3.8) is 0 Å². The van der Waals surface area contributed by atoms with Crippen LogP contribution in [0.3, 0.4) is 0 Å². The van der Waals surface area contributed by atoms with Gasteiger partial charge in [0.05, 0.1) is 0 Å². The Morgan fingerprint density at radius 3 is 0.772 bits per heavy atom. The fourth-order valence-corrected chi connectivity index (χ4v) is 10.1. The molecule has 6 nitrogen and oxygen atoms in total.